The molecular weight excluding hydrogens is 901 g/mol. The van der Waals surface area contributed by atoms with E-state index in [9.17, 15) is 19.2 Å². The zero-order chi connectivity index (χ0) is 47.1. The number of fused-ring (bicyclic) bond motifs is 2. The predicted octanol–water partition coefficient (Wildman–Crippen LogP) is 9.71. The summed E-state index contributed by atoms with van der Waals surface area (Å²) in [7, 11) is 0. The Labute approximate surface area is 400 Å². The molecule has 2 aromatic heterocycles. The van der Waals surface area contributed by atoms with Gasteiger partial charge >= 0.3 is 0 Å². The van der Waals surface area contributed by atoms with Gasteiger partial charge in [-0.3, -0.25) is 19.2 Å². The van der Waals surface area contributed by atoms with E-state index < -0.39 is 0 Å². The normalized spacial score (nSPS) is 16.6. The van der Waals surface area contributed by atoms with Crippen LogP contribution in [0.5, 0.6) is 23.0 Å². The summed E-state index contributed by atoms with van der Waals surface area (Å²) in [6, 6.07) is 22.6. The number of anilines is 3. The first-order valence-electron chi connectivity index (χ1n) is 22.5. The van der Waals surface area contributed by atoms with E-state index in [1.54, 1.807) is 12.1 Å². The molecule has 16 heteroatoms. The number of rotatable bonds is 14. The van der Waals surface area contributed by atoms with E-state index >= 15 is 0 Å². The van der Waals surface area contributed by atoms with E-state index in [4.69, 9.17) is 28.9 Å². The maximum Gasteiger partial charge on any atom is 0.255 e. The molecule has 68 heavy (non-hydrogen) atoms. The van der Waals surface area contributed by atoms with E-state index in [1.165, 1.54) is 22.7 Å². The average molecular weight is 949 g/mol. The van der Waals surface area contributed by atoms with Crippen LogP contribution in [0.3, 0.4) is 0 Å². The van der Waals surface area contributed by atoms with Crippen LogP contribution in [-0.2, 0) is 33.6 Å². The van der Waals surface area contributed by atoms with E-state index in [1.807, 2.05) is 81.4 Å². The van der Waals surface area contributed by atoms with E-state index in [2.05, 4.69) is 46.4 Å². The van der Waals surface area contributed by atoms with Gasteiger partial charge in [0.15, 0.2) is 33.3 Å². The Bertz CT molecular complexity index is 3080. The van der Waals surface area contributed by atoms with Crippen LogP contribution in [0.25, 0.3) is 22.5 Å². The van der Waals surface area contributed by atoms with Gasteiger partial charge in [-0.1, -0.05) is 49.4 Å². The number of benzene rings is 4. The monoisotopic (exact) mass is 948 g/mol. The lowest BCUT2D eigenvalue weighted by Gasteiger charge is -2.25. The summed E-state index contributed by atoms with van der Waals surface area (Å²) in [5, 5.41) is 13.2. The standard InChI is InChI=1S/C52H48N6O8S2/c1-27-6-13-38(53-50(62)39-24-35(9-5-28(39)2)48-30(4)68-52(58-48)56-46(60)20-32-8-16-42-44(18-32)66-26-64-42)23-36(27)22-37-21-34(12-14-40(37)54-49(61)33-10-11-33)47-29(3)67-51(57-47)55-45(59)19-31-7-15-41-43(17-31)65-25-63-41/h5-9,12-18,21,23-24,27,33,36H,10-11,19-20,22,25-26H2,1-4H3,(H,53,62)(H,54,61)(H,55,57,59)(H,56,58,60). The molecule has 4 aliphatic rings. The number of nitrogens with zero attached hydrogens (tertiary/aromatic N) is 2. The topological polar surface area (TPSA) is 179 Å². The number of aromatic nitrogens is 2. The minimum Gasteiger partial charge on any atom is -0.454 e. The van der Waals surface area contributed by atoms with Gasteiger partial charge in [0.2, 0.25) is 31.3 Å². The molecule has 346 valence electrons. The third-order valence-electron chi connectivity index (χ3n) is 12.4. The number of amides is 4. The predicted molar refractivity (Wildman–Crippen MR) is 262 cm³/mol. The van der Waals surface area contributed by atoms with Crippen molar-refractivity contribution in [2.75, 3.05) is 29.5 Å². The fourth-order valence-electron chi connectivity index (χ4n) is 8.48. The molecule has 2 aliphatic carbocycles. The number of hydrogen-bond donors (Lipinski definition) is 4. The highest BCUT2D eigenvalue weighted by molar-refractivity contribution is 7.16. The van der Waals surface area contributed by atoms with Crippen molar-refractivity contribution in [3.05, 3.63) is 134 Å². The third-order valence-corrected chi connectivity index (χ3v) is 14.2. The Balaban J connectivity index is 0.830. The van der Waals surface area contributed by atoms with Gasteiger partial charge in [-0.2, -0.15) is 0 Å². The zero-order valence-corrected chi connectivity index (χ0v) is 39.5. The number of ether oxygens (including phenoxy) is 4. The van der Waals surface area contributed by atoms with Crippen molar-refractivity contribution in [3.8, 4) is 45.5 Å². The highest BCUT2D eigenvalue weighted by atomic mass is 32.1. The summed E-state index contributed by atoms with van der Waals surface area (Å²) >= 11 is 2.78. The van der Waals surface area contributed by atoms with Crippen molar-refractivity contribution in [1.82, 2.24) is 15.3 Å². The van der Waals surface area contributed by atoms with Crippen LogP contribution in [-0.4, -0.2) is 47.2 Å². The summed E-state index contributed by atoms with van der Waals surface area (Å²) in [4.78, 5) is 64.7. The Hall–Kier alpha value is -7.30. The van der Waals surface area contributed by atoms with Gasteiger partial charge < -0.3 is 40.2 Å². The van der Waals surface area contributed by atoms with Crippen molar-refractivity contribution < 1.29 is 38.1 Å². The lowest BCUT2D eigenvalue weighted by atomic mass is 9.83. The number of allylic oxidation sites excluding steroid dienone is 3. The largest absolute Gasteiger partial charge is 0.454 e. The van der Waals surface area contributed by atoms with Gasteiger partial charge in [-0.15, -0.1) is 22.7 Å². The Kier molecular flexibility index (Phi) is 12.3. The first-order valence-corrected chi connectivity index (χ1v) is 24.1. The Morgan fingerprint density at radius 1 is 0.662 bits per heavy atom. The van der Waals surface area contributed by atoms with Crippen LogP contribution < -0.4 is 40.2 Å². The highest BCUT2D eigenvalue weighted by Crippen LogP contribution is 2.39. The second-order valence-corrected chi connectivity index (χ2v) is 19.9. The molecule has 4 aromatic carbocycles. The van der Waals surface area contributed by atoms with Crippen LogP contribution in [0.15, 0.2) is 96.7 Å². The summed E-state index contributed by atoms with van der Waals surface area (Å²) in [6.07, 6.45) is 8.77. The Morgan fingerprint density at radius 3 is 1.84 bits per heavy atom. The Morgan fingerprint density at radius 2 is 1.24 bits per heavy atom. The second-order valence-electron chi connectivity index (χ2n) is 17.5. The van der Waals surface area contributed by atoms with Crippen molar-refractivity contribution in [1.29, 1.82) is 0 Å². The van der Waals surface area contributed by atoms with Crippen LogP contribution in [0.2, 0.25) is 0 Å². The second kappa shape index (κ2) is 18.8. The van der Waals surface area contributed by atoms with Crippen molar-refractivity contribution in [2.24, 2.45) is 17.8 Å². The number of carbonyl (C=O) groups is 4. The first-order chi connectivity index (χ1) is 32.9. The van der Waals surface area contributed by atoms with Crippen LogP contribution in [0, 0.1) is 38.5 Å². The molecule has 0 bridgehead atoms. The molecule has 6 aromatic rings. The highest BCUT2D eigenvalue weighted by Gasteiger charge is 2.31. The molecule has 0 spiro atoms. The molecule has 4 amide bonds. The SMILES string of the molecule is Cc1ccc(-c2nc(NC(=O)Cc3ccc4c(c3)OCO4)sc2C)cc1C(=O)NC1=CC(Cc2cc(-c3nc(NC(=O)Cc4ccc5c(c4)OCO5)sc3C)ccc2NC(=O)C2CC2)C(C)C=C1. The van der Waals surface area contributed by atoms with E-state index in [0.717, 1.165) is 67.4 Å². The summed E-state index contributed by atoms with van der Waals surface area (Å²) < 4.78 is 21.7. The average Bonchev–Trinajstić information content (AvgIpc) is 3.53. The minimum atomic E-state index is -0.254. The molecule has 0 saturated heterocycles. The maximum absolute atomic E-state index is 14.1. The quantitative estimate of drug-likeness (QED) is 0.0822. The number of thiazole rings is 2. The molecule has 14 nitrogen and oxygen atoms in total. The van der Waals surface area contributed by atoms with Crippen molar-refractivity contribution in [2.45, 2.75) is 59.8 Å². The van der Waals surface area contributed by atoms with Gasteiger partial charge in [0.05, 0.1) is 24.2 Å². The first kappa shape index (κ1) is 44.5. The molecule has 1 fully saturated rings. The lowest BCUT2D eigenvalue weighted by molar-refractivity contribution is -0.117. The van der Waals surface area contributed by atoms with Gasteiger partial charge in [0, 0.05) is 43.7 Å². The number of nitrogens with one attached hydrogen (secondary N) is 4. The van der Waals surface area contributed by atoms with E-state index in [-0.39, 0.29) is 67.8 Å². The zero-order valence-electron chi connectivity index (χ0n) is 37.8. The minimum absolute atomic E-state index is 0.0143. The number of aryl methyl sites for hydroxylation is 3. The number of hydrogen-bond acceptors (Lipinski definition) is 12. The van der Waals surface area contributed by atoms with Gasteiger partial charge in [0.1, 0.15) is 0 Å². The maximum atomic E-state index is 14.1. The summed E-state index contributed by atoms with van der Waals surface area (Å²) in [6.45, 7) is 8.29. The van der Waals surface area contributed by atoms with Crippen molar-refractivity contribution in [3.63, 3.8) is 0 Å². The fraction of sp³-hybridized carbons (Fsp3) is 0.269. The smallest absolute Gasteiger partial charge is 0.255 e. The lowest BCUT2D eigenvalue weighted by Crippen LogP contribution is -2.26. The molecule has 1 saturated carbocycles. The van der Waals surface area contributed by atoms with E-state index in [0.29, 0.717) is 56.6 Å². The van der Waals surface area contributed by atoms with Gasteiger partial charge in [0.25, 0.3) is 5.91 Å². The molecule has 4 heterocycles. The molecule has 2 aliphatic heterocycles. The van der Waals surface area contributed by atoms with Crippen LogP contribution in [0.1, 0.15) is 62.1 Å². The molecule has 4 N–H and O–H groups in total. The van der Waals surface area contributed by atoms with Crippen molar-refractivity contribution >= 4 is 62.3 Å². The fourth-order valence-corrected chi connectivity index (χ4v) is 10.2. The molecular formula is C52H48N6O8S2. The number of carbonyl (C=O) groups excluding carboxylic acids is 4. The van der Waals surface area contributed by atoms with Crippen LogP contribution >= 0.6 is 22.7 Å². The van der Waals surface area contributed by atoms with Gasteiger partial charge in [-0.25, -0.2) is 9.97 Å². The van der Waals surface area contributed by atoms with Gasteiger partial charge in [-0.05, 0) is 123 Å². The molecule has 0 radical (unpaired) electrons. The summed E-state index contributed by atoms with van der Waals surface area (Å²) in [5.74, 6) is 2.06. The molecule has 2 atom stereocenters. The molecule has 10 rings (SSSR count). The summed E-state index contributed by atoms with van der Waals surface area (Å²) in [5.41, 5.74) is 8.34. The van der Waals surface area contributed by atoms with Crippen LogP contribution in [0.4, 0.5) is 16.0 Å². The third kappa shape index (κ3) is 9.87. The molecule has 2 unspecified atom stereocenters.